The van der Waals surface area contributed by atoms with E-state index in [0.717, 1.165) is 18.9 Å². The van der Waals surface area contributed by atoms with Crippen molar-refractivity contribution in [1.82, 2.24) is 19.3 Å². The van der Waals surface area contributed by atoms with Crippen LogP contribution in [-0.2, 0) is 10.0 Å². The number of benzene rings is 2. The fraction of sp³-hybridized carbons (Fsp3) is 0.333. The average Bonchev–Trinajstić information content (AvgIpc) is 3.11. The third-order valence-corrected chi connectivity index (χ3v) is 6.84. The zero-order valence-corrected chi connectivity index (χ0v) is 16.0. The van der Waals surface area contributed by atoms with Gasteiger partial charge >= 0.3 is 0 Å². The standard InChI is InChI=1S/C18H19N5O4S/c1-13-5-4-10-21(12-13)28(26,27)14-8-9-17(18(11-14)23(24)25)22-16-7-3-2-6-15(16)19-20-22/h2-3,6-9,11,13H,4-5,10,12H2,1H3. The molecule has 146 valence electrons. The second-order valence-corrected chi connectivity index (χ2v) is 8.95. The predicted molar refractivity (Wildman–Crippen MR) is 103 cm³/mol. The number of hydrogen-bond donors (Lipinski definition) is 0. The van der Waals surface area contributed by atoms with E-state index in [9.17, 15) is 18.5 Å². The minimum atomic E-state index is -3.80. The van der Waals surface area contributed by atoms with Crippen LogP contribution >= 0.6 is 0 Å². The summed E-state index contributed by atoms with van der Waals surface area (Å²) in [5.74, 6) is 0.263. The van der Waals surface area contributed by atoms with Crippen LogP contribution in [0.5, 0.6) is 0 Å². The molecule has 0 spiro atoms. The van der Waals surface area contributed by atoms with E-state index in [-0.39, 0.29) is 22.2 Å². The van der Waals surface area contributed by atoms with Gasteiger partial charge in [0.1, 0.15) is 11.2 Å². The van der Waals surface area contributed by atoms with Gasteiger partial charge in [-0.3, -0.25) is 10.1 Å². The van der Waals surface area contributed by atoms with Gasteiger partial charge in [-0.15, -0.1) is 5.10 Å². The van der Waals surface area contributed by atoms with Crippen molar-refractivity contribution in [3.05, 3.63) is 52.6 Å². The average molecular weight is 401 g/mol. The molecule has 1 aliphatic heterocycles. The zero-order valence-electron chi connectivity index (χ0n) is 15.2. The van der Waals surface area contributed by atoms with Crippen molar-refractivity contribution in [2.75, 3.05) is 13.1 Å². The first-order valence-electron chi connectivity index (χ1n) is 8.97. The first-order valence-corrected chi connectivity index (χ1v) is 10.4. The fourth-order valence-electron chi connectivity index (χ4n) is 3.55. The smallest absolute Gasteiger partial charge is 0.258 e. The summed E-state index contributed by atoms with van der Waals surface area (Å²) >= 11 is 0. The van der Waals surface area contributed by atoms with Crippen LogP contribution in [0.2, 0.25) is 0 Å². The number of fused-ring (bicyclic) bond motifs is 1. The molecule has 0 saturated carbocycles. The van der Waals surface area contributed by atoms with Crippen molar-refractivity contribution in [3.63, 3.8) is 0 Å². The minimum Gasteiger partial charge on any atom is -0.258 e. The normalized spacial score (nSPS) is 18.4. The van der Waals surface area contributed by atoms with Crippen LogP contribution in [0, 0.1) is 16.0 Å². The number of nitro groups is 1. The van der Waals surface area contributed by atoms with Crippen molar-refractivity contribution < 1.29 is 13.3 Å². The van der Waals surface area contributed by atoms with E-state index < -0.39 is 14.9 Å². The van der Waals surface area contributed by atoms with Crippen molar-refractivity contribution >= 4 is 26.7 Å². The van der Waals surface area contributed by atoms with Gasteiger partial charge in [-0.1, -0.05) is 24.3 Å². The number of para-hydroxylation sites is 1. The Balaban J connectivity index is 1.81. The van der Waals surface area contributed by atoms with E-state index in [1.807, 2.05) is 6.92 Å². The van der Waals surface area contributed by atoms with E-state index in [2.05, 4.69) is 10.3 Å². The highest BCUT2D eigenvalue weighted by molar-refractivity contribution is 7.89. The maximum absolute atomic E-state index is 13.0. The Labute approximate surface area is 161 Å². The van der Waals surface area contributed by atoms with Gasteiger partial charge in [0.15, 0.2) is 0 Å². The lowest BCUT2D eigenvalue weighted by Gasteiger charge is -2.30. The summed E-state index contributed by atoms with van der Waals surface area (Å²) in [6.45, 7) is 2.85. The number of nitro benzene ring substituents is 1. The molecule has 1 aliphatic rings. The van der Waals surface area contributed by atoms with Gasteiger partial charge in [-0.25, -0.2) is 13.1 Å². The van der Waals surface area contributed by atoms with Crippen molar-refractivity contribution in [3.8, 4) is 5.69 Å². The van der Waals surface area contributed by atoms with Gasteiger partial charge in [0.05, 0.1) is 15.3 Å². The molecule has 1 unspecified atom stereocenters. The molecule has 28 heavy (non-hydrogen) atoms. The monoisotopic (exact) mass is 401 g/mol. The van der Waals surface area contributed by atoms with Gasteiger partial charge in [0.25, 0.3) is 5.69 Å². The third-order valence-electron chi connectivity index (χ3n) is 4.98. The first-order chi connectivity index (χ1) is 13.4. The molecule has 9 nitrogen and oxygen atoms in total. The second kappa shape index (κ2) is 6.95. The van der Waals surface area contributed by atoms with Crippen molar-refractivity contribution in [2.45, 2.75) is 24.7 Å². The maximum atomic E-state index is 13.0. The Morgan fingerprint density at radius 1 is 1.21 bits per heavy atom. The summed E-state index contributed by atoms with van der Waals surface area (Å²) in [5, 5.41) is 19.7. The van der Waals surface area contributed by atoms with Gasteiger partial charge in [0.2, 0.25) is 10.0 Å². The van der Waals surface area contributed by atoms with Gasteiger partial charge < -0.3 is 0 Å². The Morgan fingerprint density at radius 2 is 2.00 bits per heavy atom. The van der Waals surface area contributed by atoms with Crippen LogP contribution in [0.15, 0.2) is 47.4 Å². The minimum absolute atomic E-state index is 0.0820. The van der Waals surface area contributed by atoms with E-state index in [4.69, 9.17) is 0 Å². The second-order valence-electron chi connectivity index (χ2n) is 7.01. The summed E-state index contributed by atoms with van der Waals surface area (Å²) in [6.07, 6.45) is 1.76. The summed E-state index contributed by atoms with van der Waals surface area (Å²) in [7, 11) is -3.80. The van der Waals surface area contributed by atoms with Gasteiger partial charge in [-0.2, -0.15) is 4.31 Å². The molecule has 1 saturated heterocycles. The Bertz CT molecular complexity index is 1160. The molecule has 0 aliphatic carbocycles. The number of piperidine rings is 1. The van der Waals surface area contributed by atoms with E-state index >= 15 is 0 Å². The van der Waals surface area contributed by atoms with Crippen molar-refractivity contribution in [2.24, 2.45) is 5.92 Å². The number of sulfonamides is 1. The lowest BCUT2D eigenvalue weighted by molar-refractivity contribution is -0.384. The molecule has 3 aromatic rings. The third kappa shape index (κ3) is 3.14. The van der Waals surface area contributed by atoms with Crippen LogP contribution in [0.25, 0.3) is 16.7 Å². The van der Waals surface area contributed by atoms with Crippen LogP contribution in [0.1, 0.15) is 19.8 Å². The van der Waals surface area contributed by atoms with Crippen LogP contribution in [0.4, 0.5) is 5.69 Å². The highest BCUT2D eigenvalue weighted by Gasteiger charge is 2.31. The maximum Gasteiger partial charge on any atom is 0.296 e. The summed E-state index contributed by atoms with van der Waals surface area (Å²) in [6, 6.07) is 11.0. The number of rotatable bonds is 4. The van der Waals surface area contributed by atoms with Crippen LogP contribution in [-0.4, -0.2) is 45.7 Å². The van der Waals surface area contributed by atoms with Gasteiger partial charge in [-0.05, 0) is 43.0 Å². The van der Waals surface area contributed by atoms with E-state index in [1.165, 1.54) is 21.1 Å². The quantitative estimate of drug-likeness (QED) is 0.491. The summed E-state index contributed by atoms with van der Waals surface area (Å²) in [5.41, 5.74) is 1.04. The Kier molecular flexibility index (Phi) is 4.60. The van der Waals surface area contributed by atoms with E-state index in [0.29, 0.717) is 24.1 Å². The molecule has 10 heteroatoms. The molecular formula is C18H19N5O4S. The lowest BCUT2D eigenvalue weighted by atomic mass is 10.0. The predicted octanol–water partition coefficient (Wildman–Crippen LogP) is 2.75. The summed E-state index contributed by atoms with van der Waals surface area (Å²) in [4.78, 5) is 11.0. The van der Waals surface area contributed by atoms with Gasteiger partial charge in [0, 0.05) is 19.2 Å². The summed E-state index contributed by atoms with van der Waals surface area (Å²) < 4.78 is 28.7. The molecule has 0 amide bonds. The lowest BCUT2D eigenvalue weighted by Crippen LogP contribution is -2.39. The van der Waals surface area contributed by atoms with Crippen LogP contribution < -0.4 is 0 Å². The molecule has 0 radical (unpaired) electrons. The first kappa shape index (κ1) is 18.5. The molecule has 0 N–H and O–H groups in total. The molecular weight excluding hydrogens is 382 g/mol. The van der Waals surface area contributed by atoms with Crippen molar-refractivity contribution in [1.29, 1.82) is 0 Å². The largest absolute Gasteiger partial charge is 0.296 e. The molecule has 4 rings (SSSR count). The molecule has 2 aromatic carbocycles. The Hall–Kier alpha value is -2.85. The zero-order chi connectivity index (χ0) is 19.9. The molecule has 0 bridgehead atoms. The van der Waals surface area contributed by atoms with Crippen LogP contribution in [0.3, 0.4) is 0 Å². The molecule has 1 aromatic heterocycles. The highest BCUT2D eigenvalue weighted by Crippen LogP contribution is 2.30. The number of nitrogens with zero attached hydrogens (tertiary/aromatic N) is 5. The topological polar surface area (TPSA) is 111 Å². The SMILES string of the molecule is CC1CCCN(S(=O)(=O)c2ccc(-n3nnc4ccccc43)c([N+](=O)[O-])c2)C1. The number of aromatic nitrogens is 3. The molecule has 2 heterocycles. The molecule has 1 fully saturated rings. The molecule has 1 atom stereocenters. The number of hydrogen-bond acceptors (Lipinski definition) is 6. The Morgan fingerprint density at radius 3 is 2.75 bits per heavy atom. The highest BCUT2D eigenvalue weighted by atomic mass is 32.2. The van der Waals surface area contributed by atoms with E-state index in [1.54, 1.807) is 24.3 Å². The fourth-order valence-corrected chi connectivity index (χ4v) is 5.17.